The number of benzene rings is 1. The summed E-state index contributed by atoms with van der Waals surface area (Å²) in [6.07, 6.45) is 0. The predicted molar refractivity (Wildman–Crippen MR) is 78.8 cm³/mol. The zero-order valence-electron chi connectivity index (χ0n) is 12.5. The van der Waals surface area contributed by atoms with Gasteiger partial charge in [0, 0.05) is 12.6 Å². The smallest absolute Gasteiger partial charge is 0.244 e. The predicted octanol–water partition coefficient (Wildman–Crippen LogP) is 2.42. The summed E-state index contributed by atoms with van der Waals surface area (Å²) < 4.78 is 38.0. The van der Waals surface area contributed by atoms with E-state index in [-0.39, 0.29) is 10.8 Å². The maximum Gasteiger partial charge on any atom is 0.244 e. The Hall–Kier alpha value is -1.27. The van der Waals surface area contributed by atoms with Crippen molar-refractivity contribution in [1.82, 2.24) is 4.72 Å². The first-order valence-electron chi connectivity index (χ1n) is 6.80. The molecule has 1 aromatic carbocycles. The van der Waals surface area contributed by atoms with Crippen LogP contribution in [0.3, 0.4) is 0 Å². The van der Waals surface area contributed by atoms with Crippen molar-refractivity contribution in [2.45, 2.75) is 32.6 Å². The van der Waals surface area contributed by atoms with Gasteiger partial charge in [0.15, 0.2) is 0 Å². The number of nitrogens with one attached hydrogen (secondary N) is 1. The third-order valence-electron chi connectivity index (χ3n) is 2.50. The first-order chi connectivity index (χ1) is 9.40. The molecule has 6 heteroatoms. The maximum atomic E-state index is 12.3. The summed E-state index contributed by atoms with van der Waals surface area (Å²) in [5.41, 5.74) is 0. The molecule has 114 valence electrons. The number of rotatable bonds is 8. The molecule has 0 aromatic heterocycles. The van der Waals surface area contributed by atoms with Crippen LogP contribution in [0.2, 0.25) is 0 Å². The van der Waals surface area contributed by atoms with Gasteiger partial charge < -0.3 is 9.47 Å². The van der Waals surface area contributed by atoms with Crippen molar-refractivity contribution in [2.75, 3.05) is 19.8 Å². The molecule has 0 atom stereocenters. The molecule has 0 aliphatic heterocycles. The Morgan fingerprint density at radius 3 is 2.35 bits per heavy atom. The van der Waals surface area contributed by atoms with Crippen LogP contribution in [0.15, 0.2) is 23.1 Å². The van der Waals surface area contributed by atoms with Crippen LogP contribution in [-0.2, 0) is 10.0 Å². The van der Waals surface area contributed by atoms with Gasteiger partial charge in [0.25, 0.3) is 0 Å². The Balaban J connectivity index is 3.13. The van der Waals surface area contributed by atoms with E-state index in [1.165, 1.54) is 6.07 Å². The highest BCUT2D eigenvalue weighted by atomic mass is 32.2. The topological polar surface area (TPSA) is 64.6 Å². The Kier molecular flexibility index (Phi) is 6.29. The van der Waals surface area contributed by atoms with E-state index >= 15 is 0 Å². The molecule has 0 unspecified atom stereocenters. The van der Waals surface area contributed by atoms with E-state index in [2.05, 4.69) is 4.72 Å². The quantitative estimate of drug-likeness (QED) is 0.801. The minimum atomic E-state index is -3.60. The van der Waals surface area contributed by atoms with E-state index in [1.54, 1.807) is 12.1 Å². The van der Waals surface area contributed by atoms with Gasteiger partial charge in [-0.25, -0.2) is 13.1 Å². The minimum absolute atomic E-state index is 0.117. The first-order valence-corrected chi connectivity index (χ1v) is 8.28. The van der Waals surface area contributed by atoms with E-state index in [1.807, 2.05) is 27.7 Å². The molecule has 0 spiro atoms. The van der Waals surface area contributed by atoms with Crippen molar-refractivity contribution in [3.05, 3.63) is 18.2 Å². The zero-order chi connectivity index (χ0) is 15.2. The molecule has 0 bridgehead atoms. The zero-order valence-corrected chi connectivity index (χ0v) is 13.3. The molecule has 0 fully saturated rings. The van der Waals surface area contributed by atoms with Crippen LogP contribution in [-0.4, -0.2) is 28.2 Å². The number of ether oxygens (including phenoxy) is 2. The van der Waals surface area contributed by atoms with Crippen molar-refractivity contribution in [2.24, 2.45) is 5.92 Å². The fraction of sp³-hybridized carbons (Fsp3) is 0.571. The van der Waals surface area contributed by atoms with Gasteiger partial charge >= 0.3 is 0 Å². The molecule has 1 N–H and O–H groups in total. The van der Waals surface area contributed by atoms with Gasteiger partial charge in [0.05, 0.1) is 13.2 Å². The van der Waals surface area contributed by atoms with Gasteiger partial charge in [0.1, 0.15) is 16.4 Å². The molecule has 20 heavy (non-hydrogen) atoms. The van der Waals surface area contributed by atoms with Gasteiger partial charge in [-0.3, -0.25) is 0 Å². The van der Waals surface area contributed by atoms with Crippen LogP contribution < -0.4 is 14.2 Å². The van der Waals surface area contributed by atoms with Crippen molar-refractivity contribution in [3.8, 4) is 11.5 Å². The third-order valence-corrected chi connectivity index (χ3v) is 3.94. The lowest BCUT2D eigenvalue weighted by Crippen LogP contribution is -2.28. The second-order valence-electron chi connectivity index (χ2n) is 4.72. The third kappa shape index (κ3) is 4.68. The summed E-state index contributed by atoms with van der Waals surface area (Å²) in [7, 11) is -3.60. The fourth-order valence-corrected chi connectivity index (χ4v) is 2.96. The molecule has 0 aliphatic carbocycles. The Morgan fingerprint density at radius 1 is 1.15 bits per heavy atom. The number of sulfonamides is 1. The monoisotopic (exact) mass is 301 g/mol. The molecule has 0 amide bonds. The lowest BCUT2D eigenvalue weighted by molar-refractivity contribution is 0.322. The van der Waals surface area contributed by atoms with E-state index in [9.17, 15) is 8.42 Å². The minimum Gasteiger partial charge on any atom is -0.494 e. The first kappa shape index (κ1) is 16.8. The van der Waals surface area contributed by atoms with Crippen LogP contribution in [0.25, 0.3) is 0 Å². The summed E-state index contributed by atoms with van der Waals surface area (Å²) in [6, 6.07) is 4.82. The average molecular weight is 301 g/mol. The van der Waals surface area contributed by atoms with Crippen LogP contribution >= 0.6 is 0 Å². The maximum absolute atomic E-state index is 12.3. The van der Waals surface area contributed by atoms with Crippen molar-refractivity contribution < 1.29 is 17.9 Å². The van der Waals surface area contributed by atoms with Crippen LogP contribution in [0.5, 0.6) is 11.5 Å². The number of hydrogen-bond donors (Lipinski definition) is 1. The van der Waals surface area contributed by atoms with Crippen LogP contribution in [0, 0.1) is 5.92 Å². The van der Waals surface area contributed by atoms with Gasteiger partial charge in [-0.2, -0.15) is 0 Å². The number of hydrogen-bond acceptors (Lipinski definition) is 4. The fourth-order valence-electron chi connectivity index (χ4n) is 1.58. The van der Waals surface area contributed by atoms with Crippen LogP contribution in [0.1, 0.15) is 27.7 Å². The van der Waals surface area contributed by atoms with E-state index < -0.39 is 10.0 Å². The normalized spacial score (nSPS) is 11.7. The molecule has 1 aromatic rings. The van der Waals surface area contributed by atoms with Gasteiger partial charge in [-0.05, 0) is 31.9 Å². The Bertz CT molecular complexity index is 526. The molecule has 0 saturated carbocycles. The highest BCUT2D eigenvalue weighted by Gasteiger charge is 2.20. The molecular weight excluding hydrogens is 278 g/mol. The summed E-state index contributed by atoms with van der Waals surface area (Å²) in [6.45, 7) is 8.82. The molecule has 1 rings (SSSR count). The van der Waals surface area contributed by atoms with Crippen molar-refractivity contribution in [3.63, 3.8) is 0 Å². The molecule has 0 saturated heterocycles. The largest absolute Gasteiger partial charge is 0.494 e. The van der Waals surface area contributed by atoms with E-state index in [0.29, 0.717) is 31.3 Å². The lowest BCUT2D eigenvalue weighted by Gasteiger charge is -2.14. The summed E-state index contributed by atoms with van der Waals surface area (Å²) in [5.74, 6) is 1.09. The Labute approximate surface area is 121 Å². The summed E-state index contributed by atoms with van der Waals surface area (Å²) in [5, 5.41) is 0. The van der Waals surface area contributed by atoms with Crippen LogP contribution in [0.4, 0.5) is 0 Å². The van der Waals surface area contributed by atoms with Gasteiger partial charge in [-0.15, -0.1) is 0 Å². The molecule has 5 nitrogen and oxygen atoms in total. The standard InChI is InChI=1S/C14H23NO4S/c1-5-18-12-7-8-13(19-6-2)14(9-12)20(16,17)15-10-11(3)4/h7-9,11,15H,5-6,10H2,1-4H3. The molecular formula is C14H23NO4S. The molecule has 0 radical (unpaired) electrons. The van der Waals surface area contributed by atoms with Crippen molar-refractivity contribution in [1.29, 1.82) is 0 Å². The van der Waals surface area contributed by atoms with Crippen molar-refractivity contribution >= 4 is 10.0 Å². The Morgan fingerprint density at radius 2 is 1.80 bits per heavy atom. The SMILES string of the molecule is CCOc1ccc(OCC)c(S(=O)(=O)NCC(C)C)c1. The van der Waals surface area contributed by atoms with E-state index in [0.717, 1.165) is 0 Å². The van der Waals surface area contributed by atoms with Gasteiger partial charge in [-0.1, -0.05) is 13.8 Å². The highest BCUT2D eigenvalue weighted by molar-refractivity contribution is 7.89. The molecule has 0 heterocycles. The second-order valence-corrected chi connectivity index (χ2v) is 6.46. The lowest BCUT2D eigenvalue weighted by atomic mass is 10.2. The van der Waals surface area contributed by atoms with Gasteiger partial charge in [0.2, 0.25) is 10.0 Å². The summed E-state index contributed by atoms with van der Waals surface area (Å²) in [4.78, 5) is 0.117. The van der Waals surface area contributed by atoms with E-state index in [4.69, 9.17) is 9.47 Å². The second kappa shape index (κ2) is 7.50. The average Bonchev–Trinajstić information content (AvgIpc) is 2.39. The highest BCUT2D eigenvalue weighted by Crippen LogP contribution is 2.28. The molecule has 0 aliphatic rings. The summed E-state index contributed by atoms with van der Waals surface area (Å²) >= 11 is 0.